The van der Waals surface area contributed by atoms with Gasteiger partial charge in [0.15, 0.2) is 0 Å². The van der Waals surface area contributed by atoms with E-state index in [0.717, 1.165) is 18.2 Å². The molecule has 0 radical (unpaired) electrons. The van der Waals surface area contributed by atoms with Gasteiger partial charge in [0.25, 0.3) is 5.69 Å². The smallest absolute Gasteiger partial charge is 0.274 e. The summed E-state index contributed by atoms with van der Waals surface area (Å²) in [4.78, 5) is 10.3. The molecule has 0 saturated carbocycles. The van der Waals surface area contributed by atoms with Gasteiger partial charge in [0.1, 0.15) is 15.7 Å². The van der Waals surface area contributed by atoms with E-state index in [1.54, 1.807) is 0 Å². The summed E-state index contributed by atoms with van der Waals surface area (Å²) < 4.78 is 35.7. The van der Waals surface area contributed by atoms with Crippen molar-refractivity contribution in [3.05, 3.63) is 39.7 Å². The van der Waals surface area contributed by atoms with Crippen molar-refractivity contribution in [2.24, 2.45) is 0 Å². The molecule has 2 rings (SSSR count). The van der Waals surface area contributed by atoms with Crippen molar-refractivity contribution < 1.29 is 17.7 Å². The molecule has 6 nitrogen and oxygen atoms in total. The standard InChI is InChI=1S/C12H15FN2O4S/c13-10-1-2-12(15(16)17)9(7-10)8-14-11-3-5-20(18,19)6-4-11/h1-2,7,11,14H,3-6,8H2. The molecule has 20 heavy (non-hydrogen) atoms. The van der Waals surface area contributed by atoms with Crippen LogP contribution in [0.25, 0.3) is 0 Å². The summed E-state index contributed by atoms with van der Waals surface area (Å²) in [6, 6.07) is 3.30. The fraction of sp³-hybridized carbons (Fsp3) is 0.500. The second-order valence-corrected chi connectivity index (χ2v) is 7.14. The Hall–Kier alpha value is -1.54. The maximum absolute atomic E-state index is 13.1. The van der Waals surface area contributed by atoms with Crippen molar-refractivity contribution in [2.45, 2.75) is 25.4 Å². The van der Waals surface area contributed by atoms with Crippen LogP contribution in [0.2, 0.25) is 0 Å². The summed E-state index contributed by atoms with van der Waals surface area (Å²) in [7, 11) is -2.94. The molecular formula is C12H15FN2O4S. The van der Waals surface area contributed by atoms with Crippen molar-refractivity contribution >= 4 is 15.5 Å². The molecular weight excluding hydrogens is 287 g/mol. The van der Waals surface area contributed by atoms with E-state index >= 15 is 0 Å². The highest BCUT2D eigenvalue weighted by atomic mass is 32.2. The molecule has 1 heterocycles. The number of hydrogen-bond donors (Lipinski definition) is 1. The van der Waals surface area contributed by atoms with Crippen molar-refractivity contribution in [1.82, 2.24) is 5.32 Å². The predicted octanol–water partition coefficient (Wildman–Crippen LogP) is 1.40. The second-order valence-electron chi connectivity index (χ2n) is 4.84. The summed E-state index contributed by atoms with van der Waals surface area (Å²) in [5, 5.41) is 13.9. The molecule has 0 atom stereocenters. The first-order valence-corrected chi connectivity index (χ1v) is 8.06. The van der Waals surface area contributed by atoms with E-state index < -0.39 is 20.6 Å². The average molecular weight is 302 g/mol. The number of nitrogens with one attached hydrogen (secondary N) is 1. The molecule has 110 valence electrons. The van der Waals surface area contributed by atoms with Gasteiger partial charge in [0, 0.05) is 24.2 Å². The molecule has 0 bridgehead atoms. The minimum atomic E-state index is -2.94. The normalized spacial score (nSPS) is 18.9. The fourth-order valence-corrected chi connectivity index (χ4v) is 3.71. The number of rotatable bonds is 4. The summed E-state index contributed by atoms with van der Waals surface area (Å²) >= 11 is 0. The number of halogens is 1. The average Bonchev–Trinajstić information content (AvgIpc) is 2.37. The molecule has 1 N–H and O–H groups in total. The minimum Gasteiger partial charge on any atom is -0.310 e. The highest BCUT2D eigenvalue weighted by Gasteiger charge is 2.24. The highest BCUT2D eigenvalue weighted by molar-refractivity contribution is 7.91. The topological polar surface area (TPSA) is 89.3 Å². The van der Waals surface area contributed by atoms with E-state index in [1.165, 1.54) is 0 Å². The number of benzene rings is 1. The van der Waals surface area contributed by atoms with E-state index in [9.17, 15) is 22.9 Å². The zero-order valence-corrected chi connectivity index (χ0v) is 11.5. The van der Waals surface area contributed by atoms with Gasteiger partial charge in [-0.15, -0.1) is 0 Å². The van der Waals surface area contributed by atoms with Crippen LogP contribution < -0.4 is 5.32 Å². The van der Waals surface area contributed by atoms with Gasteiger partial charge in [0.2, 0.25) is 0 Å². The number of nitro groups is 1. The molecule has 1 aromatic carbocycles. The Morgan fingerprint density at radius 1 is 1.35 bits per heavy atom. The first-order valence-electron chi connectivity index (χ1n) is 6.24. The lowest BCUT2D eigenvalue weighted by Crippen LogP contribution is -2.37. The van der Waals surface area contributed by atoms with Gasteiger partial charge in [-0.3, -0.25) is 10.1 Å². The second kappa shape index (κ2) is 5.84. The Morgan fingerprint density at radius 2 is 2.00 bits per heavy atom. The summed E-state index contributed by atoms with van der Waals surface area (Å²) in [5.41, 5.74) is 0.130. The molecule has 8 heteroatoms. The monoisotopic (exact) mass is 302 g/mol. The van der Waals surface area contributed by atoms with E-state index in [1.807, 2.05) is 0 Å². The maximum Gasteiger partial charge on any atom is 0.274 e. The quantitative estimate of drug-likeness (QED) is 0.671. The molecule has 0 amide bonds. The number of nitrogens with zero attached hydrogens (tertiary/aromatic N) is 1. The van der Waals surface area contributed by atoms with Crippen LogP contribution in [-0.2, 0) is 16.4 Å². The van der Waals surface area contributed by atoms with Crippen LogP contribution in [0, 0.1) is 15.9 Å². The Morgan fingerprint density at radius 3 is 2.60 bits per heavy atom. The highest BCUT2D eigenvalue weighted by Crippen LogP contribution is 2.20. The van der Waals surface area contributed by atoms with E-state index in [4.69, 9.17) is 0 Å². The first-order chi connectivity index (χ1) is 9.37. The van der Waals surface area contributed by atoms with Crippen molar-refractivity contribution in [1.29, 1.82) is 0 Å². The first kappa shape index (κ1) is 14.9. The van der Waals surface area contributed by atoms with Crippen LogP contribution >= 0.6 is 0 Å². The van der Waals surface area contributed by atoms with Gasteiger partial charge in [-0.1, -0.05) is 0 Å². The molecule has 0 spiro atoms. The van der Waals surface area contributed by atoms with Crippen LogP contribution in [-0.4, -0.2) is 30.9 Å². The summed E-state index contributed by atoms with van der Waals surface area (Å²) in [5.74, 6) is -0.287. The summed E-state index contributed by atoms with van der Waals surface area (Å²) in [6.45, 7) is 0.152. The Balaban J connectivity index is 2.01. The van der Waals surface area contributed by atoms with E-state index in [-0.39, 0.29) is 35.3 Å². The molecule has 1 fully saturated rings. The minimum absolute atomic E-state index is 0.0126. The number of sulfone groups is 1. The van der Waals surface area contributed by atoms with Crippen LogP contribution in [0.1, 0.15) is 18.4 Å². The zero-order valence-electron chi connectivity index (χ0n) is 10.7. The van der Waals surface area contributed by atoms with Gasteiger partial charge in [-0.05, 0) is 25.0 Å². The van der Waals surface area contributed by atoms with Crippen molar-refractivity contribution in [2.75, 3.05) is 11.5 Å². The zero-order chi connectivity index (χ0) is 14.8. The molecule has 0 aliphatic carbocycles. The maximum atomic E-state index is 13.1. The van der Waals surface area contributed by atoms with Crippen molar-refractivity contribution in [3.63, 3.8) is 0 Å². The van der Waals surface area contributed by atoms with E-state index in [0.29, 0.717) is 12.8 Å². The Kier molecular flexibility index (Phi) is 4.34. The fourth-order valence-electron chi connectivity index (χ4n) is 2.22. The number of hydrogen-bond acceptors (Lipinski definition) is 5. The van der Waals surface area contributed by atoms with Crippen LogP contribution in [0.3, 0.4) is 0 Å². The Labute approximate surface area is 116 Å². The SMILES string of the molecule is O=[N+]([O-])c1ccc(F)cc1CNC1CCS(=O)(=O)CC1. The van der Waals surface area contributed by atoms with Gasteiger partial charge >= 0.3 is 0 Å². The van der Waals surface area contributed by atoms with Crippen LogP contribution in [0.15, 0.2) is 18.2 Å². The van der Waals surface area contributed by atoms with E-state index in [2.05, 4.69) is 5.32 Å². The van der Waals surface area contributed by atoms with Crippen LogP contribution in [0.5, 0.6) is 0 Å². The van der Waals surface area contributed by atoms with Gasteiger partial charge in [-0.25, -0.2) is 12.8 Å². The molecule has 1 aliphatic rings. The molecule has 0 aromatic heterocycles. The van der Waals surface area contributed by atoms with Gasteiger partial charge in [-0.2, -0.15) is 0 Å². The number of nitro benzene ring substituents is 1. The van der Waals surface area contributed by atoms with Gasteiger partial charge in [0.05, 0.1) is 16.4 Å². The third kappa shape index (κ3) is 3.73. The molecule has 1 aliphatic heterocycles. The largest absolute Gasteiger partial charge is 0.310 e. The van der Waals surface area contributed by atoms with Crippen LogP contribution in [0.4, 0.5) is 10.1 Å². The lowest BCUT2D eigenvalue weighted by atomic mass is 10.1. The Bertz CT molecular complexity index is 604. The third-order valence-electron chi connectivity index (χ3n) is 3.37. The molecule has 0 unspecified atom stereocenters. The molecule has 1 aromatic rings. The van der Waals surface area contributed by atoms with Gasteiger partial charge < -0.3 is 5.32 Å². The summed E-state index contributed by atoms with van der Waals surface area (Å²) in [6.07, 6.45) is 0.955. The third-order valence-corrected chi connectivity index (χ3v) is 5.09. The lowest BCUT2D eigenvalue weighted by molar-refractivity contribution is -0.385. The predicted molar refractivity (Wildman–Crippen MR) is 71.6 cm³/mol. The van der Waals surface area contributed by atoms with Crippen molar-refractivity contribution in [3.8, 4) is 0 Å². The molecule has 1 saturated heterocycles. The lowest BCUT2D eigenvalue weighted by Gasteiger charge is -2.23.